The summed E-state index contributed by atoms with van der Waals surface area (Å²) in [4.78, 5) is 6.09. The van der Waals surface area contributed by atoms with Crippen LogP contribution < -0.4 is 4.74 Å². The molecule has 1 aromatic carbocycles. The van der Waals surface area contributed by atoms with Gasteiger partial charge in [0.05, 0.1) is 7.11 Å². The van der Waals surface area contributed by atoms with Crippen molar-refractivity contribution in [1.29, 1.82) is 0 Å². The Morgan fingerprint density at radius 3 is 2.65 bits per heavy atom. The maximum Gasteiger partial charge on any atom is 0.127 e. The molecule has 4 heteroatoms. The third kappa shape index (κ3) is 4.03. The molecule has 1 aromatic heterocycles. The molecule has 106 valence electrons. The van der Waals surface area contributed by atoms with Gasteiger partial charge in [-0.2, -0.15) is 0 Å². The van der Waals surface area contributed by atoms with Gasteiger partial charge in [-0.3, -0.25) is 4.98 Å². The van der Waals surface area contributed by atoms with Gasteiger partial charge >= 0.3 is 0 Å². The molecule has 3 nitrogen and oxygen atoms in total. The zero-order chi connectivity index (χ0) is 14.4. The molecule has 0 unspecified atom stereocenters. The standard InChI is InChI=1S/C16H19FN2O/c1-19(10-7-13-5-8-18-9-6-13)12-14-11-15(20-2)3-4-16(14)17/h3-6,8-9,11H,7,10,12H2,1-2H3. The van der Waals surface area contributed by atoms with E-state index in [0.717, 1.165) is 13.0 Å². The van der Waals surface area contributed by atoms with E-state index in [0.29, 0.717) is 17.9 Å². The number of methoxy groups -OCH3 is 1. The highest BCUT2D eigenvalue weighted by molar-refractivity contribution is 5.29. The molecule has 0 atom stereocenters. The Balaban J connectivity index is 1.92. The van der Waals surface area contributed by atoms with Gasteiger partial charge in [-0.25, -0.2) is 4.39 Å². The van der Waals surface area contributed by atoms with E-state index in [1.165, 1.54) is 11.6 Å². The van der Waals surface area contributed by atoms with Gasteiger partial charge < -0.3 is 9.64 Å². The van der Waals surface area contributed by atoms with Crippen LogP contribution in [0.25, 0.3) is 0 Å². The van der Waals surface area contributed by atoms with Crippen molar-refractivity contribution < 1.29 is 9.13 Å². The minimum atomic E-state index is -0.193. The summed E-state index contributed by atoms with van der Waals surface area (Å²) in [6.45, 7) is 1.43. The summed E-state index contributed by atoms with van der Waals surface area (Å²) in [5.74, 6) is 0.491. The molecular formula is C16H19FN2O. The van der Waals surface area contributed by atoms with E-state index in [4.69, 9.17) is 4.74 Å². The largest absolute Gasteiger partial charge is 0.497 e. The summed E-state index contributed by atoms with van der Waals surface area (Å²) in [5, 5.41) is 0. The summed E-state index contributed by atoms with van der Waals surface area (Å²) in [7, 11) is 3.57. The SMILES string of the molecule is COc1ccc(F)c(CN(C)CCc2ccncc2)c1. The van der Waals surface area contributed by atoms with Gasteiger partial charge in [0.1, 0.15) is 11.6 Å². The molecule has 0 saturated carbocycles. The minimum absolute atomic E-state index is 0.193. The predicted octanol–water partition coefficient (Wildman–Crippen LogP) is 2.90. The molecule has 0 amide bonds. The first-order chi connectivity index (χ1) is 9.69. The number of aromatic nitrogens is 1. The Bertz CT molecular complexity index is 545. The van der Waals surface area contributed by atoms with Gasteiger partial charge in [-0.05, 0) is 49.4 Å². The van der Waals surface area contributed by atoms with E-state index in [1.54, 1.807) is 31.6 Å². The summed E-state index contributed by atoms with van der Waals surface area (Å²) in [6, 6.07) is 8.83. The smallest absolute Gasteiger partial charge is 0.127 e. The molecule has 0 fully saturated rings. The normalized spacial score (nSPS) is 10.8. The molecule has 2 aromatic rings. The Morgan fingerprint density at radius 1 is 1.20 bits per heavy atom. The fourth-order valence-corrected chi connectivity index (χ4v) is 2.04. The van der Waals surface area contributed by atoms with Crippen LogP contribution >= 0.6 is 0 Å². The van der Waals surface area contributed by atoms with E-state index < -0.39 is 0 Å². The lowest BCUT2D eigenvalue weighted by atomic mass is 10.1. The van der Waals surface area contributed by atoms with Gasteiger partial charge in [0, 0.05) is 31.0 Å². The van der Waals surface area contributed by atoms with Crippen LogP contribution in [-0.4, -0.2) is 30.6 Å². The first-order valence-corrected chi connectivity index (χ1v) is 6.59. The van der Waals surface area contributed by atoms with Gasteiger partial charge in [0.15, 0.2) is 0 Å². The van der Waals surface area contributed by atoms with Crippen molar-refractivity contribution in [2.45, 2.75) is 13.0 Å². The van der Waals surface area contributed by atoms with Crippen LogP contribution in [0, 0.1) is 5.82 Å². The molecule has 0 aliphatic rings. The van der Waals surface area contributed by atoms with Crippen molar-refractivity contribution >= 4 is 0 Å². The lowest BCUT2D eigenvalue weighted by molar-refractivity contribution is 0.324. The number of hydrogen-bond donors (Lipinski definition) is 0. The Morgan fingerprint density at radius 2 is 1.95 bits per heavy atom. The highest BCUT2D eigenvalue weighted by atomic mass is 19.1. The summed E-state index contributed by atoms with van der Waals surface area (Å²) >= 11 is 0. The number of benzene rings is 1. The molecular weight excluding hydrogens is 255 g/mol. The summed E-state index contributed by atoms with van der Waals surface area (Å²) < 4.78 is 18.9. The zero-order valence-corrected chi connectivity index (χ0v) is 11.8. The fraction of sp³-hybridized carbons (Fsp3) is 0.312. The van der Waals surface area contributed by atoms with E-state index in [9.17, 15) is 4.39 Å². The molecule has 0 spiro atoms. The summed E-state index contributed by atoms with van der Waals surface area (Å²) in [5.41, 5.74) is 1.89. The maximum atomic E-state index is 13.7. The van der Waals surface area contributed by atoms with E-state index in [-0.39, 0.29) is 5.82 Å². The molecule has 2 rings (SSSR count). The lowest BCUT2D eigenvalue weighted by Crippen LogP contribution is -2.21. The van der Waals surface area contributed by atoms with Crippen molar-refractivity contribution in [3.63, 3.8) is 0 Å². The van der Waals surface area contributed by atoms with Gasteiger partial charge in [-0.15, -0.1) is 0 Å². The van der Waals surface area contributed by atoms with Crippen LogP contribution in [-0.2, 0) is 13.0 Å². The first-order valence-electron chi connectivity index (χ1n) is 6.59. The van der Waals surface area contributed by atoms with Crippen LogP contribution in [0.3, 0.4) is 0 Å². The van der Waals surface area contributed by atoms with Crippen LogP contribution in [0.15, 0.2) is 42.7 Å². The minimum Gasteiger partial charge on any atom is -0.497 e. The molecule has 20 heavy (non-hydrogen) atoms. The lowest BCUT2D eigenvalue weighted by Gasteiger charge is -2.17. The third-order valence-electron chi connectivity index (χ3n) is 3.22. The van der Waals surface area contributed by atoms with Gasteiger partial charge in [0.25, 0.3) is 0 Å². The van der Waals surface area contributed by atoms with Crippen LogP contribution in [0.1, 0.15) is 11.1 Å². The summed E-state index contributed by atoms with van der Waals surface area (Å²) in [6.07, 6.45) is 4.50. The number of likely N-dealkylation sites (N-methyl/N-ethyl adjacent to an activating group) is 1. The van der Waals surface area contributed by atoms with Crippen LogP contribution in [0.5, 0.6) is 5.75 Å². The highest BCUT2D eigenvalue weighted by Crippen LogP contribution is 2.17. The number of ether oxygens (including phenoxy) is 1. The van der Waals surface area contributed by atoms with E-state index in [1.807, 2.05) is 19.2 Å². The first kappa shape index (κ1) is 14.5. The molecule has 1 heterocycles. The molecule has 0 bridgehead atoms. The number of pyridine rings is 1. The number of halogens is 1. The topological polar surface area (TPSA) is 25.4 Å². The zero-order valence-electron chi connectivity index (χ0n) is 11.8. The van der Waals surface area contributed by atoms with Crippen molar-refractivity contribution in [1.82, 2.24) is 9.88 Å². The monoisotopic (exact) mass is 274 g/mol. The second-order valence-corrected chi connectivity index (χ2v) is 4.80. The third-order valence-corrected chi connectivity index (χ3v) is 3.22. The number of rotatable bonds is 6. The van der Waals surface area contributed by atoms with Gasteiger partial charge in [-0.1, -0.05) is 0 Å². The maximum absolute atomic E-state index is 13.7. The average molecular weight is 274 g/mol. The van der Waals surface area contributed by atoms with Crippen molar-refractivity contribution in [2.24, 2.45) is 0 Å². The van der Waals surface area contributed by atoms with Crippen LogP contribution in [0.2, 0.25) is 0 Å². The number of nitrogens with zero attached hydrogens (tertiary/aromatic N) is 2. The van der Waals surface area contributed by atoms with E-state index >= 15 is 0 Å². The Labute approximate surface area is 119 Å². The Kier molecular flexibility index (Phi) is 5.07. The van der Waals surface area contributed by atoms with Gasteiger partial charge in [0.2, 0.25) is 0 Å². The predicted molar refractivity (Wildman–Crippen MR) is 77.2 cm³/mol. The second kappa shape index (κ2) is 7.01. The molecule has 0 saturated heterocycles. The average Bonchev–Trinajstić information content (AvgIpc) is 2.48. The highest BCUT2D eigenvalue weighted by Gasteiger charge is 2.07. The second-order valence-electron chi connectivity index (χ2n) is 4.80. The fourth-order valence-electron chi connectivity index (χ4n) is 2.04. The van der Waals surface area contributed by atoms with Crippen molar-refractivity contribution in [2.75, 3.05) is 20.7 Å². The quantitative estimate of drug-likeness (QED) is 0.810. The van der Waals surface area contributed by atoms with Crippen molar-refractivity contribution in [3.8, 4) is 5.75 Å². The Hall–Kier alpha value is -1.94. The van der Waals surface area contributed by atoms with Crippen LogP contribution in [0.4, 0.5) is 4.39 Å². The van der Waals surface area contributed by atoms with Crippen molar-refractivity contribution in [3.05, 3.63) is 59.7 Å². The van der Waals surface area contributed by atoms with E-state index in [2.05, 4.69) is 9.88 Å². The molecule has 0 N–H and O–H groups in total. The molecule has 0 aliphatic carbocycles. The molecule has 0 radical (unpaired) electrons. The molecule has 0 aliphatic heterocycles. The number of hydrogen-bond acceptors (Lipinski definition) is 3.